The highest BCUT2D eigenvalue weighted by molar-refractivity contribution is 5.94. The number of carbonyl (C=O) groups is 1. The fraction of sp³-hybridized carbons (Fsp3) is 0.167. The van der Waals surface area contributed by atoms with Crippen molar-refractivity contribution in [3.8, 4) is 5.69 Å². The van der Waals surface area contributed by atoms with E-state index in [1.54, 1.807) is 11.2 Å². The standard InChI is InChI=1S/C24H23N3O2/c28-17-16-26(15-14-19-6-2-1-3-7-19)24(29)20-10-12-21(13-11-20)27-18-25-22-8-4-5-9-23(22)27/h1-13,18,28H,14-17H2. The van der Waals surface area contributed by atoms with Crippen LogP contribution in [-0.2, 0) is 6.42 Å². The van der Waals surface area contributed by atoms with Gasteiger partial charge in [-0.2, -0.15) is 0 Å². The lowest BCUT2D eigenvalue weighted by Gasteiger charge is -2.22. The molecule has 3 aromatic carbocycles. The zero-order valence-electron chi connectivity index (χ0n) is 16.1. The molecule has 0 saturated heterocycles. The van der Waals surface area contributed by atoms with E-state index in [0.717, 1.165) is 23.1 Å². The molecule has 0 unspecified atom stereocenters. The molecule has 1 aromatic heterocycles. The fourth-order valence-corrected chi connectivity index (χ4v) is 3.46. The van der Waals surface area contributed by atoms with Crippen molar-refractivity contribution in [3.05, 3.63) is 96.3 Å². The summed E-state index contributed by atoms with van der Waals surface area (Å²) < 4.78 is 2.00. The van der Waals surface area contributed by atoms with Crippen LogP contribution in [0.3, 0.4) is 0 Å². The average molecular weight is 385 g/mol. The molecule has 0 bridgehead atoms. The monoisotopic (exact) mass is 385 g/mol. The van der Waals surface area contributed by atoms with Crippen molar-refractivity contribution in [1.29, 1.82) is 0 Å². The summed E-state index contributed by atoms with van der Waals surface area (Å²) in [4.78, 5) is 19.1. The van der Waals surface area contributed by atoms with Gasteiger partial charge in [0, 0.05) is 24.3 Å². The molecule has 0 spiro atoms. The lowest BCUT2D eigenvalue weighted by molar-refractivity contribution is 0.0724. The molecule has 0 aliphatic carbocycles. The number of hydrogen-bond acceptors (Lipinski definition) is 3. The smallest absolute Gasteiger partial charge is 0.253 e. The third kappa shape index (κ3) is 4.20. The summed E-state index contributed by atoms with van der Waals surface area (Å²) in [6.45, 7) is 0.830. The quantitative estimate of drug-likeness (QED) is 0.528. The van der Waals surface area contributed by atoms with Crippen molar-refractivity contribution in [3.63, 3.8) is 0 Å². The van der Waals surface area contributed by atoms with Crippen LogP contribution >= 0.6 is 0 Å². The van der Waals surface area contributed by atoms with Crippen LogP contribution in [0.4, 0.5) is 0 Å². The number of carbonyl (C=O) groups excluding carboxylic acids is 1. The number of aromatic nitrogens is 2. The molecule has 0 fully saturated rings. The summed E-state index contributed by atoms with van der Waals surface area (Å²) >= 11 is 0. The number of fused-ring (bicyclic) bond motifs is 1. The van der Waals surface area contributed by atoms with Crippen molar-refractivity contribution >= 4 is 16.9 Å². The summed E-state index contributed by atoms with van der Waals surface area (Å²) in [7, 11) is 0. The Hall–Kier alpha value is -3.44. The van der Waals surface area contributed by atoms with Gasteiger partial charge in [0.25, 0.3) is 5.91 Å². The van der Waals surface area contributed by atoms with Crippen LogP contribution in [0.2, 0.25) is 0 Å². The van der Waals surface area contributed by atoms with E-state index in [4.69, 9.17) is 0 Å². The van der Waals surface area contributed by atoms with Gasteiger partial charge >= 0.3 is 0 Å². The Bertz CT molecular complexity index is 1090. The molecule has 0 saturated carbocycles. The van der Waals surface area contributed by atoms with Gasteiger partial charge in [-0.15, -0.1) is 0 Å². The van der Waals surface area contributed by atoms with Gasteiger partial charge in [0.15, 0.2) is 0 Å². The van der Waals surface area contributed by atoms with E-state index >= 15 is 0 Å². The molecule has 5 nitrogen and oxygen atoms in total. The third-order valence-corrected chi connectivity index (χ3v) is 5.02. The Morgan fingerprint density at radius 3 is 2.38 bits per heavy atom. The van der Waals surface area contributed by atoms with E-state index in [9.17, 15) is 9.90 Å². The maximum absolute atomic E-state index is 13.0. The molecule has 1 heterocycles. The Kier molecular flexibility index (Phi) is 5.68. The Morgan fingerprint density at radius 2 is 1.62 bits per heavy atom. The van der Waals surface area contributed by atoms with Gasteiger partial charge in [-0.05, 0) is 48.4 Å². The summed E-state index contributed by atoms with van der Waals surface area (Å²) in [5.41, 5.74) is 4.69. The highest BCUT2D eigenvalue weighted by Crippen LogP contribution is 2.19. The third-order valence-electron chi connectivity index (χ3n) is 5.02. The summed E-state index contributed by atoms with van der Waals surface area (Å²) in [5, 5.41) is 9.40. The Labute approximate surface area is 169 Å². The van der Waals surface area contributed by atoms with Gasteiger partial charge in [-0.1, -0.05) is 42.5 Å². The summed E-state index contributed by atoms with van der Waals surface area (Å²) in [6, 6.07) is 25.5. The predicted octanol–water partition coefficient (Wildman–Crippen LogP) is 3.70. The second-order valence-corrected chi connectivity index (χ2v) is 6.90. The molecule has 4 aromatic rings. The molecule has 0 aliphatic heterocycles. The normalized spacial score (nSPS) is 10.9. The predicted molar refractivity (Wildman–Crippen MR) is 114 cm³/mol. The molecule has 29 heavy (non-hydrogen) atoms. The van der Waals surface area contributed by atoms with Crippen LogP contribution in [0.5, 0.6) is 0 Å². The summed E-state index contributed by atoms with van der Waals surface area (Å²) in [5.74, 6) is -0.0722. The SMILES string of the molecule is O=C(c1ccc(-n2cnc3ccccc32)cc1)N(CCO)CCc1ccccc1. The zero-order chi connectivity index (χ0) is 20.1. The number of hydrogen-bond donors (Lipinski definition) is 1. The lowest BCUT2D eigenvalue weighted by Crippen LogP contribution is -2.35. The van der Waals surface area contributed by atoms with Crippen molar-refractivity contribution in [2.75, 3.05) is 19.7 Å². The molecule has 0 atom stereocenters. The van der Waals surface area contributed by atoms with Gasteiger partial charge < -0.3 is 10.0 Å². The largest absolute Gasteiger partial charge is 0.395 e. The maximum Gasteiger partial charge on any atom is 0.253 e. The van der Waals surface area contributed by atoms with Gasteiger partial charge in [0.2, 0.25) is 0 Å². The minimum Gasteiger partial charge on any atom is -0.395 e. The number of nitrogens with zero attached hydrogens (tertiary/aromatic N) is 3. The molecule has 1 N–H and O–H groups in total. The number of imidazole rings is 1. The van der Waals surface area contributed by atoms with Gasteiger partial charge in [0.1, 0.15) is 6.33 Å². The number of amides is 1. The highest BCUT2D eigenvalue weighted by atomic mass is 16.3. The van der Waals surface area contributed by atoms with E-state index in [2.05, 4.69) is 4.98 Å². The number of para-hydroxylation sites is 2. The van der Waals surface area contributed by atoms with E-state index in [0.29, 0.717) is 18.7 Å². The van der Waals surface area contributed by atoms with E-state index in [1.807, 2.05) is 83.4 Å². The Balaban J connectivity index is 1.51. The van der Waals surface area contributed by atoms with Crippen molar-refractivity contribution in [1.82, 2.24) is 14.5 Å². The molecule has 146 valence electrons. The first-order chi connectivity index (χ1) is 14.3. The van der Waals surface area contributed by atoms with Crippen LogP contribution in [0, 0.1) is 0 Å². The molecule has 4 rings (SSSR count). The van der Waals surface area contributed by atoms with Gasteiger partial charge in [0.05, 0.1) is 17.6 Å². The molecule has 0 aliphatic rings. The van der Waals surface area contributed by atoms with Crippen molar-refractivity contribution in [2.24, 2.45) is 0 Å². The topological polar surface area (TPSA) is 58.4 Å². The van der Waals surface area contributed by atoms with Crippen LogP contribution in [0.1, 0.15) is 15.9 Å². The second-order valence-electron chi connectivity index (χ2n) is 6.90. The molecule has 0 radical (unpaired) electrons. The fourth-order valence-electron chi connectivity index (χ4n) is 3.46. The average Bonchev–Trinajstić information content (AvgIpc) is 3.21. The van der Waals surface area contributed by atoms with E-state index in [-0.39, 0.29) is 12.5 Å². The molecule has 1 amide bonds. The van der Waals surface area contributed by atoms with Crippen LogP contribution < -0.4 is 0 Å². The minimum atomic E-state index is -0.0722. The van der Waals surface area contributed by atoms with Crippen LogP contribution in [-0.4, -0.2) is 45.2 Å². The molecule has 5 heteroatoms. The van der Waals surface area contributed by atoms with Crippen molar-refractivity contribution in [2.45, 2.75) is 6.42 Å². The van der Waals surface area contributed by atoms with Gasteiger partial charge in [-0.25, -0.2) is 4.98 Å². The van der Waals surface area contributed by atoms with Crippen LogP contribution in [0.15, 0.2) is 85.2 Å². The first-order valence-electron chi connectivity index (χ1n) is 9.73. The molecular formula is C24H23N3O2. The lowest BCUT2D eigenvalue weighted by atomic mass is 10.1. The molecular weight excluding hydrogens is 362 g/mol. The number of rotatable bonds is 7. The second kappa shape index (κ2) is 8.71. The highest BCUT2D eigenvalue weighted by Gasteiger charge is 2.15. The first kappa shape index (κ1) is 18.9. The summed E-state index contributed by atoms with van der Waals surface area (Å²) in [6.07, 6.45) is 2.55. The maximum atomic E-state index is 13.0. The zero-order valence-corrected chi connectivity index (χ0v) is 16.1. The number of aliphatic hydroxyl groups is 1. The van der Waals surface area contributed by atoms with E-state index < -0.39 is 0 Å². The van der Waals surface area contributed by atoms with Crippen LogP contribution in [0.25, 0.3) is 16.7 Å². The van der Waals surface area contributed by atoms with Gasteiger partial charge in [-0.3, -0.25) is 9.36 Å². The van der Waals surface area contributed by atoms with Crippen molar-refractivity contribution < 1.29 is 9.90 Å². The van der Waals surface area contributed by atoms with E-state index in [1.165, 1.54) is 5.56 Å². The number of benzene rings is 3. The number of aliphatic hydroxyl groups excluding tert-OH is 1. The first-order valence-corrected chi connectivity index (χ1v) is 9.73. The minimum absolute atomic E-state index is 0.0559. The Morgan fingerprint density at radius 1 is 0.897 bits per heavy atom.